The first-order chi connectivity index (χ1) is 10.2. The molecule has 3 N–H and O–H groups in total. The summed E-state index contributed by atoms with van der Waals surface area (Å²) >= 11 is 5.91. The maximum Gasteiger partial charge on any atom is 0.339 e. The Labute approximate surface area is 132 Å². The van der Waals surface area contributed by atoms with Crippen molar-refractivity contribution in [2.24, 2.45) is 0 Å². The van der Waals surface area contributed by atoms with Crippen molar-refractivity contribution < 1.29 is 23.4 Å². The van der Waals surface area contributed by atoms with Crippen LogP contribution in [0.15, 0.2) is 41.3 Å². The van der Waals surface area contributed by atoms with Gasteiger partial charge in [-0.2, -0.15) is 0 Å². The van der Waals surface area contributed by atoms with Gasteiger partial charge in [0.25, 0.3) is 10.0 Å². The summed E-state index contributed by atoms with van der Waals surface area (Å²) in [6.07, 6.45) is 0. The van der Waals surface area contributed by atoms with E-state index in [0.29, 0.717) is 5.02 Å². The monoisotopic (exact) mass is 341 g/mol. The lowest BCUT2D eigenvalue weighted by molar-refractivity contribution is 0.0694. The number of anilines is 1. The Morgan fingerprint density at radius 1 is 1.18 bits per heavy atom. The van der Waals surface area contributed by atoms with E-state index in [0.717, 1.165) is 17.7 Å². The molecule has 0 heterocycles. The number of aromatic hydroxyl groups is 1. The molecule has 0 bridgehead atoms. The van der Waals surface area contributed by atoms with Crippen molar-refractivity contribution in [2.45, 2.75) is 11.8 Å². The molecule has 2 aromatic rings. The largest absolute Gasteiger partial charge is 0.507 e. The molecule has 0 amide bonds. The van der Waals surface area contributed by atoms with E-state index >= 15 is 0 Å². The van der Waals surface area contributed by atoms with E-state index in [9.17, 15) is 18.3 Å². The molecular formula is C14H12ClNO5S. The molecule has 6 nitrogen and oxygen atoms in total. The number of hydrogen-bond acceptors (Lipinski definition) is 4. The van der Waals surface area contributed by atoms with Crippen LogP contribution in [0.2, 0.25) is 5.02 Å². The van der Waals surface area contributed by atoms with Gasteiger partial charge >= 0.3 is 5.97 Å². The predicted octanol–water partition coefficient (Wildman–Crippen LogP) is 2.85. The van der Waals surface area contributed by atoms with Crippen LogP contribution >= 0.6 is 11.6 Å². The molecule has 0 fully saturated rings. The summed E-state index contributed by atoms with van der Waals surface area (Å²) in [4.78, 5) is 10.8. The smallest absolute Gasteiger partial charge is 0.339 e. The Kier molecular flexibility index (Phi) is 4.30. The molecule has 0 spiro atoms. The number of hydrogen-bond donors (Lipinski definition) is 3. The minimum Gasteiger partial charge on any atom is -0.507 e. The Bertz CT molecular complexity index is 848. The summed E-state index contributed by atoms with van der Waals surface area (Å²) in [5.74, 6) is -1.84. The van der Waals surface area contributed by atoms with Gasteiger partial charge in [-0.3, -0.25) is 4.72 Å². The second kappa shape index (κ2) is 5.86. The summed E-state index contributed by atoms with van der Waals surface area (Å²) in [7, 11) is -3.90. The molecule has 0 unspecified atom stereocenters. The van der Waals surface area contributed by atoms with Crippen LogP contribution < -0.4 is 4.72 Å². The molecule has 2 aromatic carbocycles. The van der Waals surface area contributed by atoms with E-state index in [1.807, 2.05) is 0 Å². The van der Waals surface area contributed by atoms with Gasteiger partial charge in [0.15, 0.2) is 0 Å². The van der Waals surface area contributed by atoms with Gasteiger partial charge in [-0.05, 0) is 36.8 Å². The summed E-state index contributed by atoms with van der Waals surface area (Å²) in [5.41, 5.74) is 0.463. The van der Waals surface area contributed by atoms with Crippen LogP contribution in [0.5, 0.6) is 5.75 Å². The van der Waals surface area contributed by atoms with Crippen molar-refractivity contribution >= 4 is 33.3 Å². The average Bonchev–Trinajstić information content (AvgIpc) is 2.40. The number of aromatic carboxylic acids is 1. The van der Waals surface area contributed by atoms with Crippen LogP contribution in [-0.4, -0.2) is 24.6 Å². The third-order valence-electron chi connectivity index (χ3n) is 2.93. The lowest BCUT2D eigenvalue weighted by atomic mass is 10.2. The first-order valence-electron chi connectivity index (χ1n) is 6.06. The van der Waals surface area contributed by atoms with Crippen LogP contribution in [0.1, 0.15) is 15.9 Å². The van der Waals surface area contributed by atoms with Gasteiger partial charge in [0, 0.05) is 11.1 Å². The highest BCUT2D eigenvalue weighted by molar-refractivity contribution is 7.92. The highest BCUT2D eigenvalue weighted by Gasteiger charge is 2.17. The van der Waals surface area contributed by atoms with Gasteiger partial charge in [0.2, 0.25) is 0 Å². The van der Waals surface area contributed by atoms with Gasteiger partial charge in [0.1, 0.15) is 11.3 Å². The number of halogens is 1. The van der Waals surface area contributed by atoms with E-state index in [1.54, 1.807) is 13.0 Å². The molecule has 22 heavy (non-hydrogen) atoms. The predicted molar refractivity (Wildman–Crippen MR) is 82.1 cm³/mol. The molecule has 0 saturated carbocycles. The minimum absolute atomic E-state index is 0.0371. The Morgan fingerprint density at radius 3 is 2.41 bits per heavy atom. The zero-order valence-electron chi connectivity index (χ0n) is 11.4. The SMILES string of the molecule is Cc1ccc(S(=O)(=O)Nc2ccc(C(=O)O)c(O)c2)cc1Cl. The second-order valence-corrected chi connectivity index (χ2v) is 6.64. The number of carboxylic acid groups (broad SMARTS) is 1. The number of benzene rings is 2. The average molecular weight is 342 g/mol. The van der Waals surface area contributed by atoms with Gasteiger partial charge < -0.3 is 10.2 Å². The van der Waals surface area contributed by atoms with Crippen molar-refractivity contribution in [3.63, 3.8) is 0 Å². The third-order valence-corrected chi connectivity index (χ3v) is 4.72. The second-order valence-electron chi connectivity index (χ2n) is 4.55. The number of sulfonamides is 1. The normalized spacial score (nSPS) is 11.2. The fourth-order valence-corrected chi connectivity index (χ4v) is 3.05. The third kappa shape index (κ3) is 3.32. The van der Waals surface area contributed by atoms with Crippen LogP contribution in [-0.2, 0) is 10.0 Å². The highest BCUT2D eigenvalue weighted by Crippen LogP contribution is 2.25. The molecule has 0 aliphatic rings. The molecule has 8 heteroatoms. The van der Waals surface area contributed by atoms with E-state index in [-0.39, 0.29) is 16.1 Å². The lowest BCUT2D eigenvalue weighted by Gasteiger charge is -2.10. The molecule has 2 rings (SSSR count). The number of carbonyl (C=O) groups is 1. The van der Waals surface area contributed by atoms with Crippen LogP contribution in [0, 0.1) is 6.92 Å². The molecule has 0 atom stereocenters. The lowest BCUT2D eigenvalue weighted by Crippen LogP contribution is -2.13. The van der Waals surface area contributed by atoms with E-state index < -0.39 is 21.7 Å². The fourth-order valence-electron chi connectivity index (χ4n) is 1.73. The molecule has 0 aliphatic carbocycles. The Morgan fingerprint density at radius 2 is 1.86 bits per heavy atom. The van der Waals surface area contributed by atoms with Crippen LogP contribution in [0.25, 0.3) is 0 Å². The first kappa shape index (κ1) is 16.1. The summed E-state index contributed by atoms with van der Waals surface area (Å²) in [6.45, 7) is 1.74. The van der Waals surface area contributed by atoms with Crippen molar-refractivity contribution in [2.75, 3.05) is 4.72 Å². The van der Waals surface area contributed by atoms with Crippen LogP contribution in [0.4, 0.5) is 5.69 Å². The summed E-state index contributed by atoms with van der Waals surface area (Å²) in [5, 5.41) is 18.7. The van der Waals surface area contributed by atoms with Gasteiger partial charge in [-0.15, -0.1) is 0 Å². The van der Waals surface area contributed by atoms with Gasteiger partial charge in [-0.1, -0.05) is 17.7 Å². The molecular weight excluding hydrogens is 330 g/mol. The van der Waals surface area contributed by atoms with Gasteiger partial charge in [-0.25, -0.2) is 13.2 Å². The van der Waals surface area contributed by atoms with E-state index in [4.69, 9.17) is 16.7 Å². The van der Waals surface area contributed by atoms with Crippen molar-refractivity contribution in [3.8, 4) is 5.75 Å². The topological polar surface area (TPSA) is 104 Å². The maximum absolute atomic E-state index is 12.2. The molecule has 0 aromatic heterocycles. The molecule has 116 valence electrons. The standard InChI is InChI=1S/C14H12ClNO5S/c1-8-2-4-10(7-12(8)15)22(20,21)16-9-3-5-11(14(18)19)13(17)6-9/h2-7,16-17H,1H3,(H,18,19). The Hall–Kier alpha value is -2.25. The Balaban J connectivity index is 2.34. The quantitative estimate of drug-likeness (QED) is 0.793. The minimum atomic E-state index is -3.90. The zero-order chi connectivity index (χ0) is 16.5. The van der Waals surface area contributed by atoms with E-state index in [2.05, 4.69) is 4.72 Å². The summed E-state index contributed by atoms with van der Waals surface area (Å²) in [6, 6.07) is 7.66. The first-order valence-corrected chi connectivity index (χ1v) is 7.92. The zero-order valence-corrected chi connectivity index (χ0v) is 12.9. The van der Waals surface area contributed by atoms with Crippen LogP contribution in [0.3, 0.4) is 0 Å². The number of carboxylic acids is 1. The highest BCUT2D eigenvalue weighted by atomic mass is 35.5. The fraction of sp³-hybridized carbons (Fsp3) is 0.0714. The number of phenols is 1. The molecule has 0 aliphatic heterocycles. The molecule has 0 radical (unpaired) electrons. The summed E-state index contributed by atoms with van der Waals surface area (Å²) < 4.78 is 26.7. The van der Waals surface area contributed by atoms with Crippen molar-refractivity contribution in [3.05, 3.63) is 52.5 Å². The maximum atomic E-state index is 12.2. The number of rotatable bonds is 4. The van der Waals surface area contributed by atoms with E-state index in [1.165, 1.54) is 18.2 Å². The van der Waals surface area contributed by atoms with Gasteiger partial charge in [0.05, 0.1) is 10.6 Å². The van der Waals surface area contributed by atoms with Crippen molar-refractivity contribution in [1.82, 2.24) is 0 Å². The number of aryl methyl sites for hydroxylation is 1. The number of nitrogens with one attached hydrogen (secondary N) is 1. The van der Waals surface area contributed by atoms with Crippen molar-refractivity contribution in [1.29, 1.82) is 0 Å². The molecule has 0 saturated heterocycles.